The van der Waals surface area contributed by atoms with Crippen molar-refractivity contribution in [3.05, 3.63) is 33.5 Å². The smallest absolute Gasteiger partial charge is 0.341 e. The lowest BCUT2D eigenvalue weighted by atomic mass is 10.1. The summed E-state index contributed by atoms with van der Waals surface area (Å²) in [6, 6.07) is 1.65. The zero-order chi connectivity index (χ0) is 20.3. The summed E-state index contributed by atoms with van der Waals surface area (Å²) < 4.78 is 6.82. The van der Waals surface area contributed by atoms with Gasteiger partial charge in [0.2, 0.25) is 0 Å². The molecule has 0 saturated heterocycles. The second-order valence-corrected chi connectivity index (χ2v) is 7.37. The molecule has 0 unspecified atom stereocenters. The summed E-state index contributed by atoms with van der Waals surface area (Å²) >= 11 is 1.06. The van der Waals surface area contributed by atoms with Crippen LogP contribution < -0.4 is 5.32 Å². The van der Waals surface area contributed by atoms with Crippen LogP contribution in [0.2, 0.25) is 0 Å². The quantitative estimate of drug-likeness (QED) is 0.763. The highest BCUT2D eigenvalue weighted by molar-refractivity contribution is 7.18. The number of carbonyl (C=O) groups excluding carboxylic acids is 3. The van der Waals surface area contributed by atoms with E-state index in [0.717, 1.165) is 17.0 Å². The molecule has 0 spiro atoms. The number of aromatic nitrogens is 2. The van der Waals surface area contributed by atoms with E-state index in [2.05, 4.69) is 10.4 Å². The van der Waals surface area contributed by atoms with Gasteiger partial charge >= 0.3 is 5.97 Å². The van der Waals surface area contributed by atoms with Crippen LogP contribution in [0.15, 0.2) is 6.07 Å². The second kappa shape index (κ2) is 8.34. The van der Waals surface area contributed by atoms with Gasteiger partial charge in [-0.15, -0.1) is 11.3 Å². The molecule has 0 aliphatic carbocycles. The maximum atomic E-state index is 12.6. The Morgan fingerprint density at radius 1 is 1.30 bits per heavy atom. The van der Waals surface area contributed by atoms with Crippen LogP contribution >= 0.6 is 11.3 Å². The van der Waals surface area contributed by atoms with Gasteiger partial charge in [-0.25, -0.2) is 4.79 Å². The molecule has 0 radical (unpaired) electrons. The topological polar surface area (TPSA) is 93.5 Å². The Kier molecular flexibility index (Phi) is 6.37. The van der Waals surface area contributed by atoms with E-state index >= 15 is 0 Å². The third-order valence-corrected chi connectivity index (χ3v) is 5.16. The predicted octanol–water partition coefficient (Wildman–Crippen LogP) is 2.62. The summed E-state index contributed by atoms with van der Waals surface area (Å²) in [5.74, 6) is -1.25. The van der Waals surface area contributed by atoms with Crippen LogP contribution in [0.25, 0.3) is 0 Å². The van der Waals surface area contributed by atoms with Crippen molar-refractivity contribution in [2.24, 2.45) is 7.05 Å². The summed E-state index contributed by atoms with van der Waals surface area (Å²) in [6.45, 7) is 5.66. The van der Waals surface area contributed by atoms with Gasteiger partial charge in [-0.2, -0.15) is 5.10 Å². The molecule has 0 bridgehead atoms. The number of aryl methyl sites for hydroxylation is 2. The fraction of sp³-hybridized carbons (Fsp3) is 0.444. The van der Waals surface area contributed by atoms with Gasteiger partial charge in [0.25, 0.3) is 11.8 Å². The van der Waals surface area contributed by atoms with E-state index < -0.39 is 11.9 Å². The molecule has 27 heavy (non-hydrogen) atoms. The number of hydrogen-bond donors (Lipinski definition) is 1. The Hall–Kier alpha value is -2.68. The summed E-state index contributed by atoms with van der Waals surface area (Å²) in [6.07, 6.45) is 0.674. The van der Waals surface area contributed by atoms with Gasteiger partial charge in [0.1, 0.15) is 5.00 Å². The highest BCUT2D eigenvalue weighted by Crippen LogP contribution is 2.34. The average Bonchev–Trinajstić information content (AvgIpc) is 3.11. The molecule has 2 rings (SSSR count). The molecular formula is C18H24N4O4S. The SMILES string of the molecule is CCCOC(=O)c1c(NC(=O)c2cc(C)n(C)n2)sc(C(=O)N(C)C)c1C. The molecule has 1 N–H and O–H groups in total. The van der Waals surface area contributed by atoms with Crippen molar-refractivity contribution in [3.8, 4) is 0 Å². The van der Waals surface area contributed by atoms with Crippen molar-refractivity contribution in [1.82, 2.24) is 14.7 Å². The van der Waals surface area contributed by atoms with Gasteiger partial charge in [-0.1, -0.05) is 6.92 Å². The summed E-state index contributed by atoms with van der Waals surface area (Å²) in [4.78, 5) is 39.3. The molecule has 2 aromatic heterocycles. The molecule has 0 atom stereocenters. The Labute approximate surface area is 162 Å². The Morgan fingerprint density at radius 2 is 1.96 bits per heavy atom. The first-order valence-electron chi connectivity index (χ1n) is 8.51. The van der Waals surface area contributed by atoms with Crippen LogP contribution in [0, 0.1) is 13.8 Å². The Balaban J connectivity index is 2.43. The molecule has 0 aliphatic heterocycles. The van der Waals surface area contributed by atoms with Crippen LogP contribution in [-0.2, 0) is 11.8 Å². The van der Waals surface area contributed by atoms with E-state index in [0.29, 0.717) is 16.9 Å². The summed E-state index contributed by atoms with van der Waals surface area (Å²) in [7, 11) is 5.00. The number of hydrogen-bond acceptors (Lipinski definition) is 6. The van der Waals surface area contributed by atoms with Crippen molar-refractivity contribution >= 4 is 34.1 Å². The number of anilines is 1. The zero-order valence-electron chi connectivity index (χ0n) is 16.4. The number of nitrogens with one attached hydrogen (secondary N) is 1. The molecular weight excluding hydrogens is 368 g/mol. The molecule has 0 fully saturated rings. The minimum absolute atomic E-state index is 0.208. The third-order valence-electron chi connectivity index (χ3n) is 3.96. The lowest BCUT2D eigenvalue weighted by Crippen LogP contribution is -2.21. The van der Waals surface area contributed by atoms with E-state index in [1.54, 1.807) is 38.8 Å². The minimum Gasteiger partial charge on any atom is -0.462 e. The van der Waals surface area contributed by atoms with Gasteiger partial charge in [-0.05, 0) is 31.9 Å². The van der Waals surface area contributed by atoms with Crippen LogP contribution in [0.4, 0.5) is 5.00 Å². The first kappa shape index (κ1) is 20.6. The van der Waals surface area contributed by atoms with Gasteiger partial charge in [0.05, 0.1) is 17.0 Å². The number of carbonyl (C=O) groups is 3. The van der Waals surface area contributed by atoms with Crippen molar-refractivity contribution < 1.29 is 19.1 Å². The first-order valence-corrected chi connectivity index (χ1v) is 9.33. The molecule has 8 nitrogen and oxygen atoms in total. The Morgan fingerprint density at radius 3 is 2.48 bits per heavy atom. The molecule has 0 aromatic carbocycles. The molecule has 2 amide bonds. The molecule has 0 aliphatic rings. The maximum Gasteiger partial charge on any atom is 0.341 e. The normalized spacial score (nSPS) is 10.6. The fourth-order valence-electron chi connectivity index (χ4n) is 2.36. The van der Waals surface area contributed by atoms with E-state index in [9.17, 15) is 14.4 Å². The van der Waals surface area contributed by atoms with Crippen LogP contribution in [-0.4, -0.2) is 53.2 Å². The summed E-state index contributed by atoms with van der Waals surface area (Å²) in [5.41, 5.74) is 1.76. The van der Waals surface area contributed by atoms with Crippen molar-refractivity contribution in [2.75, 3.05) is 26.0 Å². The van der Waals surface area contributed by atoms with E-state index in [-0.39, 0.29) is 28.8 Å². The lowest BCUT2D eigenvalue weighted by Gasteiger charge is -2.09. The van der Waals surface area contributed by atoms with E-state index in [1.807, 2.05) is 13.8 Å². The molecule has 2 heterocycles. The fourth-order valence-corrected chi connectivity index (χ4v) is 3.57. The number of esters is 1. The van der Waals surface area contributed by atoms with Crippen molar-refractivity contribution in [2.45, 2.75) is 27.2 Å². The van der Waals surface area contributed by atoms with Gasteiger partial charge in [0, 0.05) is 26.8 Å². The number of rotatable bonds is 6. The van der Waals surface area contributed by atoms with Crippen molar-refractivity contribution in [3.63, 3.8) is 0 Å². The molecule has 2 aromatic rings. The number of nitrogens with zero attached hydrogens (tertiary/aromatic N) is 3. The monoisotopic (exact) mass is 392 g/mol. The summed E-state index contributed by atoms with van der Waals surface area (Å²) in [5, 5.41) is 7.14. The largest absolute Gasteiger partial charge is 0.462 e. The van der Waals surface area contributed by atoms with E-state index in [1.165, 1.54) is 4.90 Å². The lowest BCUT2D eigenvalue weighted by molar-refractivity contribution is 0.0506. The predicted molar refractivity (Wildman–Crippen MR) is 104 cm³/mol. The Bertz CT molecular complexity index is 863. The first-order chi connectivity index (χ1) is 12.7. The number of amides is 2. The second-order valence-electron chi connectivity index (χ2n) is 6.34. The van der Waals surface area contributed by atoms with Gasteiger partial charge < -0.3 is 15.0 Å². The van der Waals surface area contributed by atoms with Crippen LogP contribution in [0.3, 0.4) is 0 Å². The van der Waals surface area contributed by atoms with Crippen LogP contribution in [0.1, 0.15) is 55.1 Å². The minimum atomic E-state index is -0.559. The maximum absolute atomic E-state index is 12.6. The standard InChI is InChI=1S/C18H24N4O4S/c1-7-8-26-18(25)13-11(3)14(17(24)21(4)5)27-16(13)19-15(23)12-9-10(2)22(6)20-12/h9H,7-8H2,1-6H3,(H,19,23). The van der Waals surface area contributed by atoms with Crippen LogP contribution in [0.5, 0.6) is 0 Å². The number of thiophene rings is 1. The van der Waals surface area contributed by atoms with E-state index in [4.69, 9.17) is 4.74 Å². The van der Waals surface area contributed by atoms with Gasteiger partial charge in [-0.3, -0.25) is 14.3 Å². The zero-order valence-corrected chi connectivity index (χ0v) is 17.2. The average molecular weight is 392 g/mol. The van der Waals surface area contributed by atoms with Crippen molar-refractivity contribution in [1.29, 1.82) is 0 Å². The highest BCUT2D eigenvalue weighted by Gasteiger charge is 2.28. The number of ether oxygens (including phenoxy) is 1. The molecule has 0 saturated carbocycles. The molecule has 146 valence electrons. The van der Waals surface area contributed by atoms with Gasteiger partial charge in [0.15, 0.2) is 5.69 Å². The molecule has 9 heteroatoms. The highest BCUT2D eigenvalue weighted by atomic mass is 32.1. The third kappa shape index (κ3) is 4.36.